The topological polar surface area (TPSA) is 81.4 Å². The molecule has 27 heavy (non-hydrogen) atoms. The fourth-order valence-electron chi connectivity index (χ4n) is 3.04. The maximum absolute atomic E-state index is 12.6. The van der Waals surface area contributed by atoms with Gasteiger partial charge in [-0.3, -0.25) is 14.2 Å². The van der Waals surface area contributed by atoms with Gasteiger partial charge in [0.15, 0.2) is 5.65 Å². The summed E-state index contributed by atoms with van der Waals surface area (Å²) in [7, 11) is 1.62. The molecule has 0 aliphatic heterocycles. The number of rotatable bonds is 5. The zero-order chi connectivity index (χ0) is 18.8. The summed E-state index contributed by atoms with van der Waals surface area (Å²) in [6.45, 7) is 2.30. The molecule has 4 rings (SSSR count). The van der Waals surface area contributed by atoms with E-state index in [9.17, 15) is 4.79 Å². The molecule has 1 N–H and O–H groups in total. The molecule has 0 saturated heterocycles. The number of hydrogen-bond acceptors (Lipinski definition) is 5. The van der Waals surface area contributed by atoms with E-state index in [0.717, 1.165) is 28.1 Å². The van der Waals surface area contributed by atoms with Gasteiger partial charge in [0, 0.05) is 30.6 Å². The largest absolute Gasteiger partial charge is 0.497 e. The first kappa shape index (κ1) is 17.0. The van der Waals surface area contributed by atoms with Crippen LogP contribution in [0.2, 0.25) is 0 Å². The SMILES string of the molecule is COc1ccc2cc(C(=O)NCCc3nnc4ccccn34)c(C)nc2c1. The van der Waals surface area contributed by atoms with Crippen LogP contribution in [0, 0.1) is 6.92 Å². The van der Waals surface area contributed by atoms with Crippen LogP contribution >= 0.6 is 0 Å². The van der Waals surface area contributed by atoms with Gasteiger partial charge in [0.1, 0.15) is 11.6 Å². The normalized spacial score (nSPS) is 11.0. The van der Waals surface area contributed by atoms with Gasteiger partial charge in [-0.05, 0) is 37.3 Å². The Kier molecular flexibility index (Phi) is 4.42. The number of benzene rings is 1. The van der Waals surface area contributed by atoms with Crippen molar-refractivity contribution in [3.05, 3.63) is 65.7 Å². The molecule has 0 bridgehead atoms. The molecule has 4 aromatic rings. The van der Waals surface area contributed by atoms with Gasteiger partial charge in [-0.2, -0.15) is 0 Å². The van der Waals surface area contributed by atoms with E-state index in [2.05, 4.69) is 20.5 Å². The summed E-state index contributed by atoms with van der Waals surface area (Å²) >= 11 is 0. The second kappa shape index (κ2) is 7.03. The van der Waals surface area contributed by atoms with Crippen molar-refractivity contribution in [3.63, 3.8) is 0 Å². The Bertz CT molecular complexity index is 1140. The van der Waals surface area contributed by atoms with Crippen LogP contribution in [0.5, 0.6) is 5.75 Å². The minimum absolute atomic E-state index is 0.147. The van der Waals surface area contributed by atoms with Gasteiger partial charge < -0.3 is 10.1 Å². The highest BCUT2D eigenvalue weighted by Crippen LogP contribution is 2.21. The Morgan fingerprint density at radius 1 is 1.19 bits per heavy atom. The number of ether oxygens (including phenoxy) is 1. The van der Waals surface area contributed by atoms with E-state index in [1.807, 2.05) is 60.0 Å². The summed E-state index contributed by atoms with van der Waals surface area (Å²) in [5.74, 6) is 1.41. The summed E-state index contributed by atoms with van der Waals surface area (Å²) in [5, 5.41) is 12.1. The van der Waals surface area contributed by atoms with E-state index >= 15 is 0 Å². The molecule has 0 atom stereocenters. The van der Waals surface area contributed by atoms with Crippen LogP contribution in [0.1, 0.15) is 21.9 Å². The monoisotopic (exact) mass is 361 g/mol. The maximum Gasteiger partial charge on any atom is 0.253 e. The predicted octanol–water partition coefficient (Wildman–Crippen LogP) is 2.57. The molecular weight excluding hydrogens is 342 g/mol. The Labute approximate surface area is 156 Å². The summed E-state index contributed by atoms with van der Waals surface area (Å²) in [6.07, 6.45) is 2.51. The lowest BCUT2D eigenvalue weighted by atomic mass is 10.1. The predicted molar refractivity (Wildman–Crippen MR) is 102 cm³/mol. The van der Waals surface area contributed by atoms with E-state index in [1.54, 1.807) is 7.11 Å². The average molecular weight is 361 g/mol. The van der Waals surface area contributed by atoms with E-state index in [4.69, 9.17) is 4.74 Å². The molecule has 0 radical (unpaired) electrons. The standard InChI is InChI=1S/C20H19N5O2/c1-13-16(11-14-6-7-15(27-2)12-17(14)22-13)20(26)21-9-8-19-24-23-18-5-3-4-10-25(18)19/h3-7,10-12H,8-9H2,1-2H3,(H,21,26). The number of aromatic nitrogens is 4. The first-order valence-electron chi connectivity index (χ1n) is 8.68. The van der Waals surface area contributed by atoms with E-state index in [0.29, 0.717) is 24.2 Å². The Hall–Kier alpha value is -3.48. The fraction of sp³-hybridized carbons (Fsp3) is 0.200. The van der Waals surface area contributed by atoms with Crippen LogP contribution in [-0.4, -0.2) is 39.1 Å². The number of amides is 1. The molecule has 7 heteroatoms. The molecule has 0 aliphatic carbocycles. The Morgan fingerprint density at radius 2 is 2.07 bits per heavy atom. The van der Waals surface area contributed by atoms with Crippen LogP contribution in [0.15, 0.2) is 48.7 Å². The van der Waals surface area contributed by atoms with Crippen molar-refractivity contribution in [2.75, 3.05) is 13.7 Å². The number of nitrogens with zero attached hydrogens (tertiary/aromatic N) is 4. The number of carbonyl (C=O) groups excluding carboxylic acids is 1. The van der Waals surface area contributed by atoms with E-state index in [-0.39, 0.29) is 5.91 Å². The molecule has 1 amide bonds. The van der Waals surface area contributed by atoms with Crippen molar-refractivity contribution >= 4 is 22.5 Å². The lowest BCUT2D eigenvalue weighted by Crippen LogP contribution is -2.27. The number of pyridine rings is 2. The summed E-state index contributed by atoms with van der Waals surface area (Å²) < 4.78 is 7.15. The molecule has 0 spiro atoms. The van der Waals surface area contributed by atoms with Crippen molar-refractivity contribution < 1.29 is 9.53 Å². The third-order valence-electron chi connectivity index (χ3n) is 4.48. The van der Waals surface area contributed by atoms with Crippen LogP contribution < -0.4 is 10.1 Å². The van der Waals surface area contributed by atoms with E-state index < -0.39 is 0 Å². The molecule has 0 saturated carbocycles. The zero-order valence-electron chi connectivity index (χ0n) is 15.1. The number of methoxy groups -OCH3 is 1. The molecule has 7 nitrogen and oxygen atoms in total. The maximum atomic E-state index is 12.6. The van der Waals surface area contributed by atoms with Gasteiger partial charge in [0.2, 0.25) is 0 Å². The second-order valence-corrected chi connectivity index (χ2v) is 6.23. The van der Waals surface area contributed by atoms with Crippen molar-refractivity contribution in [2.24, 2.45) is 0 Å². The van der Waals surface area contributed by atoms with Gasteiger partial charge in [-0.25, -0.2) is 0 Å². The van der Waals surface area contributed by atoms with Crippen molar-refractivity contribution in [3.8, 4) is 5.75 Å². The second-order valence-electron chi connectivity index (χ2n) is 6.23. The van der Waals surface area contributed by atoms with Crippen LogP contribution in [0.25, 0.3) is 16.6 Å². The van der Waals surface area contributed by atoms with Gasteiger partial charge in [0.05, 0.1) is 23.9 Å². The molecule has 0 aliphatic rings. The first-order valence-corrected chi connectivity index (χ1v) is 8.68. The minimum Gasteiger partial charge on any atom is -0.497 e. The summed E-state index contributed by atoms with van der Waals surface area (Å²) in [4.78, 5) is 17.1. The van der Waals surface area contributed by atoms with Gasteiger partial charge in [-0.1, -0.05) is 6.07 Å². The van der Waals surface area contributed by atoms with Crippen molar-refractivity contribution in [1.29, 1.82) is 0 Å². The highest BCUT2D eigenvalue weighted by molar-refractivity contribution is 5.98. The van der Waals surface area contributed by atoms with Crippen molar-refractivity contribution in [2.45, 2.75) is 13.3 Å². The fourth-order valence-corrected chi connectivity index (χ4v) is 3.04. The third-order valence-corrected chi connectivity index (χ3v) is 4.48. The molecule has 1 aromatic carbocycles. The molecule has 136 valence electrons. The highest BCUT2D eigenvalue weighted by Gasteiger charge is 2.12. The number of aryl methyl sites for hydroxylation is 1. The lowest BCUT2D eigenvalue weighted by Gasteiger charge is -2.09. The quantitative estimate of drug-likeness (QED) is 0.591. The number of nitrogens with one attached hydrogen (secondary N) is 1. The number of hydrogen-bond donors (Lipinski definition) is 1. The zero-order valence-corrected chi connectivity index (χ0v) is 15.1. The molecule has 0 fully saturated rings. The van der Waals surface area contributed by atoms with Crippen LogP contribution in [0.3, 0.4) is 0 Å². The molecule has 3 heterocycles. The average Bonchev–Trinajstić information content (AvgIpc) is 3.10. The van der Waals surface area contributed by atoms with Gasteiger partial charge >= 0.3 is 0 Å². The van der Waals surface area contributed by atoms with Crippen LogP contribution in [-0.2, 0) is 6.42 Å². The Balaban J connectivity index is 1.48. The highest BCUT2D eigenvalue weighted by atomic mass is 16.5. The van der Waals surface area contributed by atoms with Crippen LogP contribution in [0.4, 0.5) is 0 Å². The Morgan fingerprint density at radius 3 is 2.93 bits per heavy atom. The summed E-state index contributed by atoms with van der Waals surface area (Å²) in [5.41, 5.74) is 2.85. The van der Waals surface area contributed by atoms with Crippen molar-refractivity contribution in [1.82, 2.24) is 24.9 Å². The third kappa shape index (κ3) is 3.31. The minimum atomic E-state index is -0.147. The van der Waals surface area contributed by atoms with Gasteiger partial charge in [0.25, 0.3) is 5.91 Å². The number of fused-ring (bicyclic) bond motifs is 2. The molecular formula is C20H19N5O2. The molecule has 3 aromatic heterocycles. The molecule has 0 unspecified atom stereocenters. The van der Waals surface area contributed by atoms with E-state index in [1.165, 1.54) is 0 Å². The number of carbonyl (C=O) groups is 1. The first-order chi connectivity index (χ1) is 13.2. The smallest absolute Gasteiger partial charge is 0.253 e. The summed E-state index contributed by atoms with van der Waals surface area (Å²) in [6, 6.07) is 13.2. The van der Waals surface area contributed by atoms with Gasteiger partial charge in [-0.15, -0.1) is 10.2 Å². The lowest BCUT2D eigenvalue weighted by molar-refractivity contribution is 0.0953.